The van der Waals surface area contributed by atoms with Crippen LogP contribution in [0.3, 0.4) is 0 Å². The van der Waals surface area contributed by atoms with Crippen LogP contribution in [0.25, 0.3) is 10.9 Å². The van der Waals surface area contributed by atoms with Gasteiger partial charge in [0, 0.05) is 30.7 Å². The number of rotatable bonds is 12. The third-order valence-corrected chi connectivity index (χ3v) is 5.95. The number of nitrogens with one attached hydrogen (secondary N) is 6. The first-order chi connectivity index (χ1) is 18.0. The molecule has 1 saturated heterocycles. The van der Waals surface area contributed by atoms with Gasteiger partial charge < -0.3 is 20.5 Å². The lowest BCUT2D eigenvalue weighted by Crippen LogP contribution is -2.48. The van der Waals surface area contributed by atoms with E-state index in [-0.39, 0.29) is 19.4 Å². The highest BCUT2D eigenvalue weighted by molar-refractivity contribution is 6.06. The fourth-order valence-electron chi connectivity index (χ4n) is 4.02. The Labute approximate surface area is 213 Å². The minimum atomic E-state index is -1.36. The van der Waals surface area contributed by atoms with Crippen molar-refractivity contribution in [2.45, 2.75) is 31.8 Å². The number of H-pyrrole nitrogens is 1. The Balaban J connectivity index is 1.29. The minimum Gasteiger partial charge on any atom is -0.480 e. The molecule has 0 bridgehead atoms. The fourth-order valence-corrected chi connectivity index (χ4v) is 4.02. The van der Waals surface area contributed by atoms with E-state index in [9.17, 15) is 19.5 Å². The Morgan fingerprint density at radius 3 is 2.62 bits per heavy atom. The van der Waals surface area contributed by atoms with E-state index in [0.717, 1.165) is 49.1 Å². The first kappa shape index (κ1) is 26.1. The molecule has 2 amide bonds. The highest BCUT2D eigenvalue weighted by Crippen LogP contribution is 2.21. The highest BCUT2D eigenvalue weighted by Gasteiger charge is 2.23. The normalized spacial score (nSPS) is 14.4. The number of nitrogens with zero attached hydrogens (tertiary/aromatic N) is 1. The second-order valence-corrected chi connectivity index (χ2v) is 8.61. The lowest BCUT2D eigenvalue weighted by atomic mass is 10.1. The number of ether oxygens (including phenoxy) is 1. The number of fused-ring (bicyclic) bond motifs is 1. The average molecular weight is 510 g/mol. The topological polar surface area (TPSA) is 170 Å². The van der Waals surface area contributed by atoms with Crippen LogP contribution in [0.15, 0.2) is 48.5 Å². The van der Waals surface area contributed by atoms with Gasteiger partial charge in [-0.05, 0) is 31.0 Å². The number of hydrogen-bond donors (Lipinski definition) is 7. The highest BCUT2D eigenvalue weighted by atomic mass is 16.5. The zero-order chi connectivity index (χ0) is 26.0. The number of carbonyl (C=O) groups excluding carboxylic acids is 2. The van der Waals surface area contributed by atoms with Gasteiger partial charge in [0.1, 0.15) is 24.5 Å². The monoisotopic (exact) mass is 509 g/mol. The van der Waals surface area contributed by atoms with E-state index in [2.05, 4.69) is 36.8 Å². The van der Waals surface area contributed by atoms with Gasteiger partial charge in [0.15, 0.2) is 0 Å². The molecule has 37 heavy (non-hydrogen) atoms. The van der Waals surface area contributed by atoms with Gasteiger partial charge in [0.2, 0.25) is 0 Å². The number of aliphatic carboxylic acids is 1. The van der Waals surface area contributed by atoms with Crippen molar-refractivity contribution in [3.8, 4) is 0 Å². The third kappa shape index (κ3) is 7.26. The summed E-state index contributed by atoms with van der Waals surface area (Å²) >= 11 is 0. The van der Waals surface area contributed by atoms with Crippen molar-refractivity contribution < 1.29 is 24.2 Å². The number of carboxylic acid groups (broad SMARTS) is 1. The van der Waals surface area contributed by atoms with Crippen LogP contribution in [0.2, 0.25) is 0 Å². The number of para-hydroxylation sites is 1. The summed E-state index contributed by atoms with van der Waals surface area (Å²) in [6, 6.07) is 12.9. The van der Waals surface area contributed by atoms with Crippen LogP contribution in [-0.4, -0.2) is 71.8 Å². The summed E-state index contributed by atoms with van der Waals surface area (Å²) in [6.07, 6.45) is 0.860. The van der Waals surface area contributed by atoms with E-state index in [1.807, 2.05) is 12.1 Å². The first-order valence-corrected chi connectivity index (χ1v) is 12.2. The second-order valence-electron chi connectivity index (χ2n) is 8.61. The second kappa shape index (κ2) is 12.8. The van der Waals surface area contributed by atoms with Gasteiger partial charge in [-0.3, -0.25) is 25.8 Å². The van der Waals surface area contributed by atoms with E-state index in [0.29, 0.717) is 11.1 Å². The summed E-state index contributed by atoms with van der Waals surface area (Å²) in [4.78, 5) is 36.6. The van der Waals surface area contributed by atoms with Gasteiger partial charge in [0.05, 0.1) is 5.56 Å². The van der Waals surface area contributed by atoms with Crippen LogP contribution in [0, 0.1) is 0 Å². The molecule has 0 saturated carbocycles. The molecule has 12 nitrogen and oxygen atoms in total. The summed E-state index contributed by atoms with van der Waals surface area (Å²) in [7, 11) is 0. The van der Waals surface area contributed by atoms with Crippen molar-refractivity contribution in [2.75, 3.05) is 26.2 Å². The predicted octanol–water partition coefficient (Wildman–Crippen LogP) is 0.671. The number of benzene rings is 2. The Kier molecular flexibility index (Phi) is 9.03. The van der Waals surface area contributed by atoms with Crippen LogP contribution in [0.4, 0.5) is 4.79 Å². The summed E-state index contributed by atoms with van der Waals surface area (Å²) < 4.78 is 5.08. The van der Waals surface area contributed by atoms with Gasteiger partial charge in [-0.1, -0.05) is 42.5 Å². The molecule has 1 unspecified atom stereocenters. The molecule has 0 spiro atoms. The quantitative estimate of drug-likeness (QED) is 0.173. The van der Waals surface area contributed by atoms with E-state index >= 15 is 0 Å². The van der Waals surface area contributed by atoms with Crippen molar-refractivity contribution in [3.05, 3.63) is 65.4 Å². The van der Waals surface area contributed by atoms with Gasteiger partial charge in [-0.25, -0.2) is 9.59 Å². The smallest absolute Gasteiger partial charge is 0.408 e. The molecule has 4 rings (SSSR count). The Bertz CT molecular complexity index is 1210. The molecular formula is C25H31N7O5. The molecule has 3 aromatic rings. The lowest BCUT2D eigenvalue weighted by Gasteiger charge is -2.15. The summed E-state index contributed by atoms with van der Waals surface area (Å²) in [5.74, 6) is -1.79. The Morgan fingerprint density at radius 1 is 1.08 bits per heavy atom. The van der Waals surface area contributed by atoms with Crippen LogP contribution < -0.4 is 26.6 Å². The molecule has 0 radical (unpaired) electrons. The van der Waals surface area contributed by atoms with E-state index in [1.165, 1.54) is 0 Å². The summed E-state index contributed by atoms with van der Waals surface area (Å²) in [6.45, 7) is 2.36. The van der Waals surface area contributed by atoms with Gasteiger partial charge in [-0.15, -0.1) is 0 Å². The number of carbonyl (C=O) groups is 3. The summed E-state index contributed by atoms with van der Waals surface area (Å²) in [5.41, 5.74) is 2.51. The lowest BCUT2D eigenvalue weighted by molar-refractivity contribution is -0.139. The molecular weight excluding hydrogens is 478 g/mol. The fraction of sp³-hybridized carbons (Fsp3) is 0.360. The molecule has 7 N–H and O–H groups in total. The Hall–Kier alpha value is -4.00. The SMILES string of the molecule is O=C(NC(CNC(=O)c1cccc2c(CCCNC3NCCN3)[nH]nc12)C(=O)O)OCc1ccccc1. The summed E-state index contributed by atoms with van der Waals surface area (Å²) in [5, 5.41) is 32.5. The number of amides is 2. The third-order valence-electron chi connectivity index (χ3n) is 5.95. The zero-order valence-electron chi connectivity index (χ0n) is 20.3. The Morgan fingerprint density at radius 2 is 1.86 bits per heavy atom. The molecule has 0 aliphatic carbocycles. The van der Waals surface area contributed by atoms with Crippen LogP contribution in [0.5, 0.6) is 0 Å². The maximum absolute atomic E-state index is 12.9. The largest absolute Gasteiger partial charge is 0.480 e. The molecule has 1 aromatic heterocycles. The van der Waals surface area contributed by atoms with Gasteiger partial charge in [-0.2, -0.15) is 5.10 Å². The zero-order valence-corrected chi connectivity index (χ0v) is 20.3. The maximum atomic E-state index is 12.9. The number of aromatic amines is 1. The standard InChI is InChI=1S/C25H31N7O5/c33-22(29-14-20(23(34)35)30-25(36)37-15-16-6-2-1-3-7-16)18-9-4-8-17-19(31-32-21(17)18)10-5-11-26-24-27-12-13-28-24/h1-4,6-9,20,24,26-28H,5,10-15H2,(H,29,33)(H,30,36)(H,31,32)(H,34,35). The van der Waals surface area contributed by atoms with Crippen molar-refractivity contribution in [1.29, 1.82) is 0 Å². The van der Waals surface area contributed by atoms with Crippen molar-refractivity contribution in [1.82, 2.24) is 36.8 Å². The molecule has 12 heteroatoms. The number of carboxylic acids is 1. The number of aromatic nitrogens is 2. The minimum absolute atomic E-state index is 0.000712. The maximum Gasteiger partial charge on any atom is 0.408 e. The van der Waals surface area contributed by atoms with Crippen LogP contribution in [0.1, 0.15) is 28.0 Å². The molecule has 1 aliphatic heterocycles. The molecule has 1 fully saturated rings. The predicted molar refractivity (Wildman–Crippen MR) is 136 cm³/mol. The van der Waals surface area contributed by atoms with E-state index < -0.39 is 24.0 Å². The molecule has 1 aliphatic rings. The van der Waals surface area contributed by atoms with E-state index in [1.54, 1.807) is 36.4 Å². The number of hydrogen-bond acceptors (Lipinski definition) is 8. The molecule has 196 valence electrons. The van der Waals surface area contributed by atoms with Gasteiger partial charge in [0.25, 0.3) is 5.91 Å². The van der Waals surface area contributed by atoms with Crippen molar-refractivity contribution >= 4 is 28.9 Å². The van der Waals surface area contributed by atoms with E-state index in [4.69, 9.17) is 4.74 Å². The van der Waals surface area contributed by atoms with Crippen LogP contribution in [-0.2, 0) is 22.6 Å². The number of alkyl carbamates (subject to hydrolysis) is 1. The molecule has 2 heterocycles. The molecule has 2 aromatic carbocycles. The van der Waals surface area contributed by atoms with Crippen LogP contribution >= 0.6 is 0 Å². The number of aryl methyl sites for hydroxylation is 1. The molecule has 1 atom stereocenters. The van der Waals surface area contributed by atoms with Gasteiger partial charge >= 0.3 is 12.1 Å². The van der Waals surface area contributed by atoms with Crippen molar-refractivity contribution in [2.24, 2.45) is 0 Å². The first-order valence-electron chi connectivity index (χ1n) is 12.2. The average Bonchev–Trinajstić information content (AvgIpc) is 3.58. The van der Waals surface area contributed by atoms with Crippen molar-refractivity contribution in [3.63, 3.8) is 0 Å².